The van der Waals surface area contributed by atoms with E-state index in [1.54, 1.807) is 18.2 Å². The summed E-state index contributed by atoms with van der Waals surface area (Å²) in [5.41, 5.74) is 5.14. The molecule has 0 saturated heterocycles. The van der Waals surface area contributed by atoms with Crippen LogP contribution < -0.4 is 21.9 Å². The molecule has 8 nitrogen and oxygen atoms in total. The summed E-state index contributed by atoms with van der Waals surface area (Å²) < 4.78 is 6.33. The van der Waals surface area contributed by atoms with Crippen LogP contribution >= 0.6 is 23.2 Å². The molecule has 1 aromatic carbocycles. The van der Waals surface area contributed by atoms with E-state index < -0.39 is 17.2 Å². The topological polar surface area (TPSA) is 110 Å². The fourth-order valence-corrected chi connectivity index (χ4v) is 3.40. The molecular formula is C19H24Cl2N4O4. The van der Waals surface area contributed by atoms with Crippen molar-refractivity contribution < 1.29 is 9.53 Å². The number of benzene rings is 1. The molecule has 10 heteroatoms. The van der Waals surface area contributed by atoms with E-state index in [1.807, 2.05) is 6.92 Å². The molecule has 1 aromatic heterocycles. The molecule has 0 unspecified atom stereocenters. The Labute approximate surface area is 178 Å². The maximum absolute atomic E-state index is 13.1. The largest absolute Gasteiger partial charge is 0.383 e. The number of carbonyl (C=O) groups is 1. The lowest BCUT2D eigenvalue weighted by atomic mass is 10.1. The van der Waals surface area contributed by atoms with Gasteiger partial charge in [-0.25, -0.2) is 4.79 Å². The molecule has 1 heterocycles. The second-order valence-electron chi connectivity index (χ2n) is 6.41. The van der Waals surface area contributed by atoms with E-state index in [0.29, 0.717) is 28.6 Å². The summed E-state index contributed by atoms with van der Waals surface area (Å²) in [6, 6.07) is 4.93. The average molecular weight is 443 g/mol. The molecule has 0 aliphatic carbocycles. The van der Waals surface area contributed by atoms with E-state index in [4.69, 9.17) is 33.7 Å². The number of halogens is 2. The number of H-pyrrole nitrogens is 1. The number of hydrogen-bond acceptors (Lipinski definition) is 5. The van der Waals surface area contributed by atoms with Gasteiger partial charge in [0, 0.05) is 30.2 Å². The van der Waals surface area contributed by atoms with Crippen molar-refractivity contribution in [2.24, 2.45) is 0 Å². The summed E-state index contributed by atoms with van der Waals surface area (Å²) in [6.45, 7) is 2.52. The number of methoxy groups -OCH3 is 1. The Hall–Kier alpha value is -2.29. The van der Waals surface area contributed by atoms with Gasteiger partial charge in [-0.3, -0.25) is 19.1 Å². The summed E-state index contributed by atoms with van der Waals surface area (Å²) in [4.78, 5) is 41.3. The summed E-state index contributed by atoms with van der Waals surface area (Å²) >= 11 is 12.4. The maximum Gasteiger partial charge on any atom is 0.330 e. The average Bonchev–Trinajstić information content (AvgIpc) is 2.67. The van der Waals surface area contributed by atoms with Crippen LogP contribution in [0.2, 0.25) is 10.0 Å². The fraction of sp³-hybridized carbons (Fsp3) is 0.421. The normalized spacial score (nSPS) is 10.9. The Kier molecular flexibility index (Phi) is 8.31. The molecule has 3 N–H and O–H groups in total. The first kappa shape index (κ1) is 23.0. The van der Waals surface area contributed by atoms with Crippen LogP contribution in [0.25, 0.3) is 0 Å². The Morgan fingerprint density at radius 3 is 2.52 bits per heavy atom. The zero-order chi connectivity index (χ0) is 21.6. The first-order valence-corrected chi connectivity index (χ1v) is 9.92. The second-order valence-corrected chi connectivity index (χ2v) is 7.23. The minimum atomic E-state index is -0.741. The van der Waals surface area contributed by atoms with Crippen LogP contribution in [0.1, 0.15) is 25.3 Å². The summed E-state index contributed by atoms with van der Waals surface area (Å²) in [5.74, 6) is -0.517. The van der Waals surface area contributed by atoms with Crippen LogP contribution in [0, 0.1) is 0 Å². The highest BCUT2D eigenvalue weighted by Gasteiger charge is 2.25. The Balaban J connectivity index is 2.51. The fourth-order valence-electron chi connectivity index (χ4n) is 2.87. The highest BCUT2D eigenvalue weighted by atomic mass is 35.5. The molecule has 29 heavy (non-hydrogen) atoms. The van der Waals surface area contributed by atoms with Crippen LogP contribution in [0.3, 0.4) is 0 Å². The predicted octanol–water partition coefficient (Wildman–Crippen LogP) is 2.45. The number of hydrogen-bond donors (Lipinski definition) is 2. The van der Waals surface area contributed by atoms with Crippen molar-refractivity contribution >= 4 is 40.6 Å². The summed E-state index contributed by atoms with van der Waals surface area (Å²) in [6.07, 6.45) is 1.38. The predicted molar refractivity (Wildman–Crippen MR) is 115 cm³/mol. The number of ether oxygens (including phenoxy) is 1. The van der Waals surface area contributed by atoms with Gasteiger partial charge in [0.15, 0.2) is 5.69 Å². The van der Waals surface area contributed by atoms with Gasteiger partial charge in [-0.15, -0.1) is 0 Å². The van der Waals surface area contributed by atoms with Gasteiger partial charge in [0.05, 0.1) is 13.0 Å². The third-order valence-corrected chi connectivity index (χ3v) is 5.14. The van der Waals surface area contributed by atoms with Crippen molar-refractivity contribution in [3.8, 4) is 0 Å². The Morgan fingerprint density at radius 2 is 1.93 bits per heavy atom. The van der Waals surface area contributed by atoms with Gasteiger partial charge in [0.2, 0.25) is 5.91 Å². The highest BCUT2D eigenvalue weighted by Crippen LogP contribution is 2.26. The molecule has 1 amide bonds. The number of unbranched alkanes of at least 4 members (excludes halogenated alkanes) is 1. The first-order valence-electron chi connectivity index (χ1n) is 9.16. The van der Waals surface area contributed by atoms with Gasteiger partial charge in [0.1, 0.15) is 5.82 Å². The Morgan fingerprint density at radius 1 is 1.28 bits per heavy atom. The molecule has 0 bridgehead atoms. The number of amides is 1. The molecular weight excluding hydrogens is 419 g/mol. The van der Waals surface area contributed by atoms with E-state index in [9.17, 15) is 14.4 Å². The number of nitrogen functional groups attached to an aromatic ring is 1. The highest BCUT2D eigenvalue weighted by molar-refractivity contribution is 6.36. The van der Waals surface area contributed by atoms with Crippen molar-refractivity contribution in [3.05, 3.63) is 54.6 Å². The van der Waals surface area contributed by atoms with Gasteiger partial charge in [-0.1, -0.05) is 42.6 Å². The lowest BCUT2D eigenvalue weighted by Crippen LogP contribution is -2.43. The first-order chi connectivity index (χ1) is 13.8. The molecule has 0 atom stereocenters. The minimum absolute atomic E-state index is 0.0661. The standard InChI is InChI=1S/C19H24Cl2N4O4/c1-3-4-8-25-17(22)16(18(27)23-19(25)28)24(9-10-29-2)15(26)11-12-13(20)6-5-7-14(12)21/h5-7H,3-4,8-11,22H2,1-2H3,(H,23,27,28). The number of nitrogens with one attached hydrogen (secondary N) is 1. The maximum atomic E-state index is 13.1. The number of rotatable bonds is 9. The molecule has 0 fully saturated rings. The lowest BCUT2D eigenvalue weighted by molar-refractivity contribution is -0.118. The van der Waals surface area contributed by atoms with Crippen molar-refractivity contribution in [1.82, 2.24) is 9.55 Å². The van der Waals surface area contributed by atoms with Crippen LogP contribution in [0.5, 0.6) is 0 Å². The van der Waals surface area contributed by atoms with Crippen LogP contribution in [0.4, 0.5) is 11.5 Å². The number of nitrogens with two attached hydrogens (primary N) is 1. The number of aromatic amines is 1. The van der Waals surface area contributed by atoms with Gasteiger partial charge >= 0.3 is 5.69 Å². The van der Waals surface area contributed by atoms with Gasteiger partial charge in [-0.05, 0) is 24.1 Å². The molecule has 0 radical (unpaired) electrons. The third kappa shape index (κ3) is 5.41. The Bertz CT molecular complexity index is 967. The molecule has 0 aliphatic rings. The van der Waals surface area contributed by atoms with Gasteiger partial charge in [-0.2, -0.15) is 0 Å². The van der Waals surface area contributed by atoms with Crippen molar-refractivity contribution in [1.29, 1.82) is 0 Å². The quantitative estimate of drug-likeness (QED) is 0.619. The SMILES string of the molecule is CCCCn1c(N)c(N(CCOC)C(=O)Cc2c(Cl)cccc2Cl)c(=O)[nH]c1=O. The van der Waals surface area contributed by atoms with Crippen molar-refractivity contribution in [2.45, 2.75) is 32.7 Å². The second kappa shape index (κ2) is 10.5. The molecule has 0 spiro atoms. The summed E-state index contributed by atoms with van der Waals surface area (Å²) in [5, 5.41) is 0.680. The number of aromatic nitrogens is 2. The molecule has 2 rings (SSSR count). The van der Waals surface area contributed by atoms with Crippen molar-refractivity contribution in [3.63, 3.8) is 0 Å². The molecule has 158 valence electrons. The third-order valence-electron chi connectivity index (χ3n) is 4.43. The number of anilines is 2. The molecule has 2 aromatic rings. The lowest BCUT2D eigenvalue weighted by Gasteiger charge is -2.24. The van der Waals surface area contributed by atoms with Crippen molar-refractivity contribution in [2.75, 3.05) is 30.9 Å². The zero-order valence-electron chi connectivity index (χ0n) is 16.3. The van der Waals surface area contributed by atoms with Crippen LogP contribution in [0.15, 0.2) is 27.8 Å². The molecule has 0 saturated carbocycles. The van der Waals surface area contributed by atoms with Crippen LogP contribution in [-0.4, -0.2) is 35.7 Å². The van der Waals surface area contributed by atoms with Crippen LogP contribution in [-0.2, 0) is 22.5 Å². The van der Waals surface area contributed by atoms with E-state index in [2.05, 4.69) is 4.98 Å². The van der Waals surface area contributed by atoms with E-state index in [1.165, 1.54) is 16.6 Å². The zero-order valence-corrected chi connectivity index (χ0v) is 17.8. The minimum Gasteiger partial charge on any atom is -0.383 e. The summed E-state index contributed by atoms with van der Waals surface area (Å²) in [7, 11) is 1.48. The van der Waals surface area contributed by atoms with Gasteiger partial charge in [0.25, 0.3) is 5.56 Å². The van der Waals surface area contributed by atoms with Gasteiger partial charge < -0.3 is 15.4 Å². The van der Waals surface area contributed by atoms with E-state index in [-0.39, 0.29) is 31.1 Å². The molecule has 0 aliphatic heterocycles. The monoisotopic (exact) mass is 442 g/mol. The van der Waals surface area contributed by atoms with E-state index >= 15 is 0 Å². The van der Waals surface area contributed by atoms with E-state index in [0.717, 1.165) is 6.42 Å². The smallest absolute Gasteiger partial charge is 0.330 e. The number of nitrogens with zero attached hydrogens (tertiary/aromatic N) is 2. The number of carbonyl (C=O) groups excluding carboxylic acids is 1.